The lowest BCUT2D eigenvalue weighted by Gasteiger charge is -2.06. The van der Waals surface area contributed by atoms with E-state index in [9.17, 15) is 0 Å². The standard InChI is InChI=1S/C13H17NO/c1-9(2)12-8-15-13(14-12)11-6-4-10(3)5-7-11/h4-7,9,12H,8H2,1-3H3/t12-/m0/s1. The first-order chi connectivity index (χ1) is 7.16. The molecule has 0 amide bonds. The molecule has 0 saturated carbocycles. The van der Waals surface area contributed by atoms with Gasteiger partial charge in [-0.3, -0.25) is 0 Å². The third-order valence-corrected chi connectivity index (χ3v) is 2.74. The molecule has 15 heavy (non-hydrogen) atoms. The van der Waals surface area contributed by atoms with Gasteiger partial charge in [0, 0.05) is 5.56 Å². The van der Waals surface area contributed by atoms with Crippen molar-refractivity contribution >= 4 is 5.90 Å². The lowest BCUT2D eigenvalue weighted by atomic mass is 10.1. The predicted octanol–water partition coefficient (Wildman–Crippen LogP) is 2.80. The second kappa shape index (κ2) is 4.05. The molecule has 80 valence electrons. The van der Waals surface area contributed by atoms with Crippen LogP contribution in [0.2, 0.25) is 0 Å². The van der Waals surface area contributed by atoms with Crippen molar-refractivity contribution in [1.82, 2.24) is 0 Å². The van der Waals surface area contributed by atoms with Crippen molar-refractivity contribution in [2.24, 2.45) is 10.9 Å². The molecule has 2 rings (SSSR count). The molecule has 0 aliphatic carbocycles. The SMILES string of the molecule is Cc1ccc(C2=N[C@H](C(C)C)CO2)cc1. The van der Waals surface area contributed by atoms with Crippen LogP contribution in [-0.2, 0) is 4.74 Å². The van der Waals surface area contributed by atoms with Gasteiger partial charge in [0.15, 0.2) is 0 Å². The smallest absolute Gasteiger partial charge is 0.216 e. The maximum absolute atomic E-state index is 5.60. The fourth-order valence-corrected chi connectivity index (χ4v) is 1.58. The van der Waals surface area contributed by atoms with Crippen molar-refractivity contribution in [3.8, 4) is 0 Å². The van der Waals surface area contributed by atoms with Crippen LogP contribution in [0.1, 0.15) is 25.0 Å². The zero-order valence-electron chi connectivity index (χ0n) is 9.53. The summed E-state index contributed by atoms with van der Waals surface area (Å²) in [6, 6.07) is 8.63. The lowest BCUT2D eigenvalue weighted by molar-refractivity contribution is 0.292. The van der Waals surface area contributed by atoms with E-state index in [0.717, 1.165) is 18.1 Å². The topological polar surface area (TPSA) is 21.6 Å². The minimum Gasteiger partial charge on any atom is -0.475 e. The second-order valence-corrected chi connectivity index (χ2v) is 4.42. The first-order valence-corrected chi connectivity index (χ1v) is 5.44. The normalized spacial score (nSPS) is 20.3. The van der Waals surface area contributed by atoms with E-state index < -0.39 is 0 Å². The zero-order valence-corrected chi connectivity index (χ0v) is 9.53. The Bertz CT molecular complexity index is 365. The maximum Gasteiger partial charge on any atom is 0.216 e. The largest absolute Gasteiger partial charge is 0.475 e. The average Bonchev–Trinajstić information content (AvgIpc) is 2.68. The van der Waals surface area contributed by atoms with E-state index >= 15 is 0 Å². The first kappa shape index (κ1) is 10.2. The van der Waals surface area contributed by atoms with Gasteiger partial charge in [-0.1, -0.05) is 31.5 Å². The van der Waals surface area contributed by atoms with Crippen molar-refractivity contribution in [2.45, 2.75) is 26.8 Å². The van der Waals surface area contributed by atoms with Gasteiger partial charge in [0.25, 0.3) is 0 Å². The Labute approximate surface area is 91.0 Å². The molecule has 1 aliphatic rings. The zero-order chi connectivity index (χ0) is 10.8. The van der Waals surface area contributed by atoms with E-state index in [1.54, 1.807) is 0 Å². The van der Waals surface area contributed by atoms with Crippen LogP contribution in [-0.4, -0.2) is 18.5 Å². The number of hydrogen-bond donors (Lipinski definition) is 0. The van der Waals surface area contributed by atoms with Gasteiger partial charge in [0.1, 0.15) is 6.61 Å². The predicted molar refractivity (Wildman–Crippen MR) is 62.3 cm³/mol. The first-order valence-electron chi connectivity index (χ1n) is 5.44. The number of ether oxygens (including phenoxy) is 1. The minimum absolute atomic E-state index is 0.321. The summed E-state index contributed by atoms with van der Waals surface area (Å²) in [5.74, 6) is 1.35. The number of aliphatic imine (C=N–C) groups is 1. The van der Waals surface area contributed by atoms with Crippen LogP contribution in [0.15, 0.2) is 29.3 Å². The molecule has 1 aromatic carbocycles. The summed E-state index contributed by atoms with van der Waals surface area (Å²) in [5, 5.41) is 0. The minimum atomic E-state index is 0.321. The van der Waals surface area contributed by atoms with Crippen LogP contribution >= 0.6 is 0 Å². The van der Waals surface area contributed by atoms with E-state index in [2.05, 4.69) is 50.0 Å². The molecule has 0 spiro atoms. The summed E-state index contributed by atoms with van der Waals surface area (Å²) in [6.45, 7) is 7.16. The number of benzene rings is 1. The summed E-state index contributed by atoms with van der Waals surface area (Å²) in [6.07, 6.45) is 0. The van der Waals surface area contributed by atoms with Crippen molar-refractivity contribution in [3.05, 3.63) is 35.4 Å². The van der Waals surface area contributed by atoms with Crippen LogP contribution < -0.4 is 0 Å². The Morgan fingerprint density at radius 3 is 2.47 bits per heavy atom. The van der Waals surface area contributed by atoms with Crippen LogP contribution in [0.3, 0.4) is 0 Å². The molecule has 1 aliphatic heterocycles. The van der Waals surface area contributed by atoms with Gasteiger partial charge < -0.3 is 4.74 Å². The highest BCUT2D eigenvalue weighted by Crippen LogP contribution is 2.17. The quantitative estimate of drug-likeness (QED) is 0.724. The van der Waals surface area contributed by atoms with Crippen LogP contribution in [0, 0.1) is 12.8 Å². The van der Waals surface area contributed by atoms with Crippen molar-refractivity contribution < 1.29 is 4.74 Å². The second-order valence-electron chi connectivity index (χ2n) is 4.42. The Morgan fingerprint density at radius 1 is 1.27 bits per heavy atom. The van der Waals surface area contributed by atoms with E-state index in [1.165, 1.54) is 5.56 Å². The molecule has 0 radical (unpaired) electrons. The van der Waals surface area contributed by atoms with Gasteiger partial charge in [-0.2, -0.15) is 0 Å². The molecule has 0 saturated heterocycles. The fraction of sp³-hybridized carbons (Fsp3) is 0.462. The molecule has 1 heterocycles. The van der Waals surface area contributed by atoms with Crippen molar-refractivity contribution in [2.75, 3.05) is 6.61 Å². The number of hydrogen-bond acceptors (Lipinski definition) is 2. The third kappa shape index (κ3) is 2.20. The van der Waals surface area contributed by atoms with Gasteiger partial charge in [-0.05, 0) is 25.0 Å². The summed E-state index contributed by atoms with van der Waals surface area (Å²) < 4.78 is 5.60. The van der Waals surface area contributed by atoms with Crippen molar-refractivity contribution in [1.29, 1.82) is 0 Å². The Balaban J connectivity index is 2.19. The fourth-order valence-electron chi connectivity index (χ4n) is 1.58. The Morgan fingerprint density at radius 2 is 1.93 bits per heavy atom. The highest BCUT2D eigenvalue weighted by atomic mass is 16.5. The molecule has 1 aromatic rings. The number of aryl methyl sites for hydroxylation is 1. The Kier molecular flexibility index (Phi) is 2.76. The van der Waals surface area contributed by atoms with Gasteiger partial charge in [0.05, 0.1) is 6.04 Å². The number of nitrogens with zero attached hydrogens (tertiary/aromatic N) is 1. The van der Waals surface area contributed by atoms with E-state index in [-0.39, 0.29) is 0 Å². The molecular formula is C13H17NO. The lowest BCUT2D eigenvalue weighted by Crippen LogP contribution is -2.13. The van der Waals surface area contributed by atoms with E-state index in [0.29, 0.717) is 12.0 Å². The van der Waals surface area contributed by atoms with Crippen molar-refractivity contribution in [3.63, 3.8) is 0 Å². The summed E-state index contributed by atoms with van der Waals surface area (Å²) in [5.41, 5.74) is 2.35. The van der Waals surface area contributed by atoms with E-state index in [1.807, 2.05) is 0 Å². The maximum atomic E-state index is 5.60. The van der Waals surface area contributed by atoms with Crippen LogP contribution in [0.25, 0.3) is 0 Å². The molecule has 2 nitrogen and oxygen atoms in total. The molecule has 0 unspecified atom stereocenters. The molecule has 0 N–H and O–H groups in total. The van der Waals surface area contributed by atoms with Gasteiger partial charge >= 0.3 is 0 Å². The van der Waals surface area contributed by atoms with Gasteiger partial charge in [0.2, 0.25) is 5.90 Å². The Hall–Kier alpha value is -1.31. The highest BCUT2D eigenvalue weighted by Gasteiger charge is 2.22. The highest BCUT2D eigenvalue weighted by molar-refractivity contribution is 5.95. The molecule has 0 fully saturated rings. The van der Waals surface area contributed by atoms with Crippen LogP contribution in [0.5, 0.6) is 0 Å². The average molecular weight is 203 g/mol. The summed E-state index contributed by atoms with van der Waals surface area (Å²) in [7, 11) is 0. The van der Waals surface area contributed by atoms with Gasteiger partial charge in [-0.15, -0.1) is 0 Å². The molecule has 2 heteroatoms. The monoisotopic (exact) mass is 203 g/mol. The molecular weight excluding hydrogens is 186 g/mol. The number of rotatable bonds is 2. The summed E-state index contributed by atoms with van der Waals surface area (Å²) >= 11 is 0. The molecule has 0 bridgehead atoms. The molecule has 1 atom stereocenters. The van der Waals surface area contributed by atoms with Gasteiger partial charge in [-0.25, -0.2) is 4.99 Å². The van der Waals surface area contributed by atoms with E-state index in [4.69, 9.17) is 4.74 Å². The van der Waals surface area contributed by atoms with Crippen LogP contribution in [0.4, 0.5) is 0 Å². The summed E-state index contributed by atoms with van der Waals surface area (Å²) in [4.78, 5) is 4.58. The third-order valence-electron chi connectivity index (χ3n) is 2.74. The molecule has 0 aromatic heterocycles.